The normalized spacial score (nSPS) is 20.6. The van der Waals surface area contributed by atoms with Gasteiger partial charge in [-0.25, -0.2) is 4.79 Å². The summed E-state index contributed by atoms with van der Waals surface area (Å²) in [6.45, 7) is 1.67. The third-order valence-corrected chi connectivity index (χ3v) is 4.52. The van der Waals surface area contributed by atoms with E-state index in [0.29, 0.717) is 11.7 Å². The zero-order valence-corrected chi connectivity index (χ0v) is 14.8. The Morgan fingerprint density at radius 3 is 2.57 bits per heavy atom. The summed E-state index contributed by atoms with van der Waals surface area (Å²) >= 11 is 3.32. The Balaban J connectivity index is 1.65. The molecule has 0 heterocycles. The molecule has 0 saturated heterocycles. The zero-order chi connectivity index (χ0) is 16.7. The summed E-state index contributed by atoms with van der Waals surface area (Å²) in [6.07, 6.45) is 4.48. The first kappa shape index (κ1) is 17.8. The number of nitrogens with one attached hydrogen (secondary N) is 1. The number of carbonyl (C=O) groups is 2. The lowest BCUT2D eigenvalue weighted by atomic mass is 9.86. The number of esters is 1. The maximum atomic E-state index is 11.8. The van der Waals surface area contributed by atoms with Crippen LogP contribution in [0, 0.1) is 5.92 Å². The average Bonchev–Trinajstić information content (AvgIpc) is 2.54. The highest BCUT2D eigenvalue weighted by molar-refractivity contribution is 9.10. The molecule has 0 bridgehead atoms. The Hall–Kier alpha value is -1.56. The minimum Gasteiger partial charge on any atom is -0.482 e. The number of carbonyl (C=O) groups excluding carboxylic acids is 2. The molecule has 0 spiro atoms. The summed E-state index contributed by atoms with van der Waals surface area (Å²) < 4.78 is 11.2. The standard InChI is InChI=1S/C17H22BrNO4/c1-12-4-2-3-5-15(12)19-16(20)10-23-17(21)11-22-14-8-6-13(18)7-9-14/h6-9,12,15H,2-5,10-11H2,1H3,(H,19,20)/t12-,15+/m1/s1. The summed E-state index contributed by atoms with van der Waals surface area (Å²) in [5, 5.41) is 2.94. The molecule has 23 heavy (non-hydrogen) atoms. The van der Waals surface area contributed by atoms with E-state index in [4.69, 9.17) is 9.47 Å². The van der Waals surface area contributed by atoms with Crippen LogP contribution in [-0.4, -0.2) is 31.1 Å². The summed E-state index contributed by atoms with van der Waals surface area (Å²) in [4.78, 5) is 23.4. The van der Waals surface area contributed by atoms with Gasteiger partial charge in [0.1, 0.15) is 5.75 Å². The van der Waals surface area contributed by atoms with E-state index in [2.05, 4.69) is 28.2 Å². The van der Waals surface area contributed by atoms with Crippen LogP contribution in [0.3, 0.4) is 0 Å². The molecule has 1 aliphatic carbocycles. The van der Waals surface area contributed by atoms with Crippen molar-refractivity contribution in [1.29, 1.82) is 0 Å². The molecule has 6 heteroatoms. The van der Waals surface area contributed by atoms with Gasteiger partial charge in [-0.1, -0.05) is 35.7 Å². The fourth-order valence-corrected chi connectivity index (χ4v) is 2.90. The van der Waals surface area contributed by atoms with Crippen LogP contribution < -0.4 is 10.1 Å². The molecule has 0 radical (unpaired) electrons. The molecule has 1 aromatic carbocycles. The Labute approximate surface area is 144 Å². The van der Waals surface area contributed by atoms with Crippen LogP contribution in [0.15, 0.2) is 28.7 Å². The van der Waals surface area contributed by atoms with Gasteiger partial charge < -0.3 is 14.8 Å². The largest absolute Gasteiger partial charge is 0.482 e. The molecule has 126 valence electrons. The van der Waals surface area contributed by atoms with Crippen LogP contribution in [0.2, 0.25) is 0 Å². The van der Waals surface area contributed by atoms with Crippen molar-refractivity contribution < 1.29 is 19.1 Å². The Morgan fingerprint density at radius 1 is 1.17 bits per heavy atom. The van der Waals surface area contributed by atoms with Gasteiger partial charge in [0.25, 0.3) is 5.91 Å². The highest BCUT2D eigenvalue weighted by atomic mass is 79.9. The summed E-state index contributed by atoms with van der Waals surface area (Å²) in [5.41, 5.74) is 0. The molecule has 1 aliphatic rings. The predicted molar refractivity (Wildman–Crippen MR) is 90.2 cm³/mol. The minimum atomic E-state index is -0.556. The third-order valence-electron chi connectivity index (χ3n) is 3.99. The number of benzene rings is 1. The van der Waals surface area contributed by atoms with E-state index in [-0.39, 0.29) is 25.2 Å². The number of hydrogen-bond donors (Lipinski definition) is 1. The van der Waals surface area contributed by atoms with Crippen molar-refractivity contribution in [2.24, 2.45) is 5.92 Å². The highest BCUT2D eigenvalue weighted by Crippen LogP contribution is 2.23. The van der Waals surface area contributed by atoms with Crippen LogP contribution in [0.5, 0.6) is 5.75 Å². The van der Waals surface area contributed by atoms with Crippen molar-refractivity contribution >= 4 is 27.8 Å². The molecule has 1 saturated carbocycles. The Kier molecular flexibility index (Phi) is 6.89. The van der Waals surface area contributed by atoms with Gasteiger partial charge in [-0.15, -0.1) is 0 Å². The Morgan fingerprint density at radius 2 is 1.87 bits per heavy atom. The van der Waals surface area contributed by atoms with Gasteiger partial charge in [0, 0.05) is 10.5 Å². The number of rotatable bonds is 6. The summed E-state index contributed by atoms with van der Waals surface area (Å²) in [7, 11) is 0. The molecular formula is C17H22BrNO4. The van der Waals surface area contributed by atoms with E-state index < -0.39 is 5.97 Å². The van der Waals surface area contributed by atoms with E-state index in [0.717, 1.165) is 23.7 Å². The van der Waals surface area contributed by atoms with E-state index in [1.807, 2.05) is 12.1 Å². The molecule has 1 N–H and O–H groups in total. The van der Waals surface area contributed by atoms with Gasteiger partial charge in [-0.2, -0.15) is 0 Å². The van der Waals surface area contributed by atoms with E-state index >= 15 is 0 Å². The number of amides is 1. The van der Waals surface area contributed by atoms with Gasteiger partial charge in [0.15, 0.2) is 13.2 Å². The lowest BCUT2D eigenvalue weighted by Gasteiger charge is -2.29. The first-order valence-electron chi connectivity index (χ1n) is 7.88. The molecule has 2 atom stereocenters. The topological polar surface area (TPSA) is 64.6 Å². The molecule has 5 nitrogen and oxygen atoms in total. The number of ether oxygens (including phenoxy) is 2. The number of hydrogen-bond acceptors (Lipinski definition) is 4. The van der Waals surface area contributed by atoms with E-state index in [1.165, 1.54) is 6.42 Å². The minimum absolute atomic E-state index is 0.189. The second-order valence-corrected chi connectivity index (χ2v) is 6.75. The van der Waals surface area contributed by atoms with Crippen molar-refractivity contribution in [2.75, 3.05) is 13.2 Å². The number of halogens is 1. The van der Waals surface area contributed by atoms with E-state index in [1.54, 1.807) is 12.1 Å². The highest BCUT2D eigenvalue weighted by Gasteiger charge is 2.23. The van der Waals surface area contributed by atoms with Gasteiger partial charge in [-0.05, 0) is 43.0 Å². The summed E-state index contributed by atoms with van der Waals surface area (Å²) in [5.74, 6) is 0.246. The molecule has 0 unspecified atom stereocenters. The van der Waals surface area contributed by atoms with Crippen molar-refractivity contribution in [1.82, 2.24) is 5.32 Å². The maximum absolute atomic E-state index is 11.8. The first-order chi connectivity index (χ1) is 11.0. The van der Waals surface area contributed by atoms with Gasteiger partial charge in [0.05, 0.1) is 0 Å². The van der Waals surface area contributed by atoms with Crippen LogP contribution in [-0.2, 0) is 14.3 Å². The quantitative estimate of drug-likeness (QED) is 0.766. The second kappa shape index (κ2) is 8.91. The summed E-state index contributed by atoms with van der Waals surface area (Å²) in [6, 6.07) is 7.32. The van der Waals surface area contributed by atoms with Crippen LogP contribution in [0.25, 0.3) is 0 Å². The molecule has 1 fully saturated rings. The predicted octanol–water partition coefficient (Wildman–Crippen LogP) is 3.07. The SMILES string of the molecule is C[C@@H]1CCCC[C@@H]1NC(=O)COC(=O)COc1ccc(Br)cc1. The average molecular weight is 384 g/mol. The van der Waals surface area contributed by atoms with Gasteiger partial charge in [-0.3, -0.25) is 4.79 Å². The van der Waals surface area contributed by atoms with Crippen LogP contribution >= 0.6 is 15.9 Å². The van der Waals surface area contributed by atoms with Crippen molar-refractivity contribution in [3.05, 3.63) is 28.7 Å². The molecule has 1 aromatic rings. The second-order valence-electron chi connectivity index (χ2n) is 5.84. The van der Waals surface area contributed by atoms with Crippen molar-refractivity contribution in [3.63, 3.8) is 0 Å². The molecule has 0 aromatic heterocycles. The fourth-order valence-electron chi connectivity index (χ4n) is 2.64. The van der Waals surface area contributed by atoms with Gasteiger partial charge >= 0.3 is 5.97 Å². The zero-order valence-electron chi connectivity index (χ0n) is 13.2. The van der Waals surface area contributed by atoms with Crippen molar-refractivity contribution in [3.8, 4) is 5.75 Å². The molecule has 1 amide bonds. The van der Waals surface area contributed by atoms with E-state index in [9.17, 15) is 9.59 Å². The van der Waals surface area contributed by atoms with Crippen LogP contribution in [0.4, 0.5) is 0 Å². The molecule has 2 rings (SSSR count). The van der Waals surface area contributed by atoms with Crippen molar-refractivity contribution in [2.45, 2.75) is 38.6 Å². The monoisotopic (exact) mass is 383 g/mol. The smallest absolute Gasteiger partial charge is 0.344 e. The van der Waals surface area contributed by atoms with Gasteiger partial charge in [0.2, 0.25) is 0 Å². The lowest BCUT2D eigenvalue weighted by molar-refractivity contribution is -0.150. The molecule has 0 aliphatic heterocycles. The van der Waals surface area contributed by atoms with Crippen LogP contribution in [0.1, 0.15) is 32.6 Å². The lowest BCUT2D eigenvalue weighted by Crippen LogP contribution is -2.43. The Bertz CT molecular complexity index is 532. The molecular weight excluding hydrogens is 362 g/mol. The third kappa shape index (κ3) is 6.22. The first-order valence-corrected chi connectivity index (χ1v) is 8.67. The fraction of sp³-hybridized carbons (Fsp3) is 0.529. The maximum Gasteiger partial charge on any atom is 0.344 e.